The molecule has 2 nitrogen and oxygen atoms in total. The third kappa shape index (κ3) is 3.56. The fourth-order valence-electron chi connectivity index (χ4n) is 3.02. The normalized spacial score (nSPS) is 19.4. The van der Waals surface area contributed by atoms with Crippen LogP contribution >= 0.6 is 0 Å². The second-order valence-electron chi connectivity index (χ2n) is 5.62. The highest BCUT2D eigenvalue weighted by molar-refractivity contribution is 5.37. The van der Waals surface area contributed by atoms with E-state index in [1.54, 1.807) is 0 Å². The zero-order valence-electron chi connectivity index (χ0n) is 12.0. The minimum absolute atomic E-state index is 0.699. The van der Waals surface area contributed by atoms with Crippen LogP contribution in [0.4, 0.5) is 0 Å². The smallest absolute Gasteiger partial charge is 0.0192 e. The Balaban J connectivity index is 1.79. The van der Waals surface area contributed by atoms with Crippen LogP contribution in [0.3, 0.4) is 0 Å². The van der Waals surface area contributed by atoms with Gasteiger partial charge >= 0.3 is 0 Å². The maximum atomic E-state index is 3.58. The molecule has 1 aromatic carbocycles. The van der Waals surface area contributed by atoms with Crippen molar-refractivity contribution >= 4 is 0 Å². The van der Waals surface area contributed by atoms with Gasteiger partial charge in [0.2, 0.25) is 0 Å². The van der Waals surface area contributed by atoms with Gasteiger partial charge in [0.1, 0.15) is 0 Å². The zero-order valence-corrected chi connectivity index (χ0v) is 12.0. The molecule has 0 amide bonds. The Kier molecular flexibility index (Phi) is 4.79. The van der Waals surface area contributed by atoms with E-state index in [1.165, 1.54) is 41.6 Å². The molecule has 1 aliphatic rings. The lowest BCUT2D eigenvalue weighted by Gasteiger charge is -2.14. The summed E-state index contributed by atoms with van der Waals surface area (Å²) in [6.45, 7) is 10.0. The molecule has 0 spiro atoms. The largest absolute Gasteiger partial charge is 0.315 e. The van der Waals surface area contributed by atoms with Gasteiger partial charge in [0.05, 0.1) is 0 Å². The Hall–Kier alpha value is -0.860. The highest BCUT2D eigenvalue weighted by Crippen LogP contribution is 2.16. The van der Waals surface area contributed by atoms with Crippen molar-refractivity contribution in [2.75, 3.05) is 19.6 Å². The van der Waals surface area contributed by atoms with Crippen molar-refractivity contribution < 1.29 is 0 Å². The molecule has 0 radical (unpaired) electrons. The first-order valence-corrected chi connectivity index (χ1v) is 7.17. The van der Waals surface area contributed by atoms with Gasteiger partial charge in [-0.25, -0.2) is 0 Å². The third-order valence-electron chi connectivity index (χ3n) is 3.95. The van der Waals surface area contributed by atoms with Crippen molar-refractivity contribution in [2.24, 2.45) is 0 Å². The molecule has 0 bridgehead atoms. The van der Waals surface area contributed by atoms with E-state index in [-0.39, 0.29) is 0 Å². The molecule has 100 valence electrons. The van der Waals surface area contributed by atoms with Crippen LogP contribution in [0, 0.1) is 20.8 Å². The van der Waals surface area contributed by atoms with Crippen LogP contribution in [0.5, 0.6) is 0 Å². The van der Waals surface area contributed by atoms with Crippen LogP contribution in [0.15, 0.2) is 12.1 Å². The van der Waals surface area contributed by atoms with Gasteiger partial charge in [0.25, 0.3) is 0 Å². The predicted molar refractivity (Wildman–Crippen MR) is 78.3 cm³/mol. The second kappa shape index (κ2) is 6.35. The highest BCUT2D eigenvalue weighted by atomic mass is 15.0. The van der Waals surface area contributed by atoms with Gasteiger partial charge in [0, 0.05) is 12.6 Å². The summed E-state index contributed by atoms with van der Waals surface area (Å²) in [7, 11) is 0. The number of rotatable bonds is 5. The lowest BCUT2D eigenvalue weighted by Crippen LogP contribution is -2.34. The Bertz CT molecular complexity index is 369. The standard InChI is InChI=1S/C16H26N2/c1-12-9-13(2)16(14(3)10-12)6-8-17-11-15-5-4-7-18-15/h9-10,15,17-18H,4-8,11H2,1-3H3. The van der Waals surface area contributed by atoms with Crippen LogP contribution in [0.25, 0.3) is 0 Å². The SMILES string of the molecule is Cc1cc(C)c(CCNCC2CCCN2)c(C)c1. The topological polar surface area (TPSA) is 24.1 Å². The lowest BCUT2D eigenvalue weighted by molar-refractivity contribution is 0.537. The highest BCUT2D eigenvalue weighted by Gasteiger charge is 2.12. The monoisotopic (exact) mass is 246 g/mol. The Labute approximate surface area is 111 Å². The van der Waals surface area contributed by atoms with E-state index < -0.39 is 0 Å². The van der Waals surface area contributed by atoms with Crippen molar-refractivity contribution in [3.63, 3.8) is 0 Å². The predicted octanol–water partition coefficient (Wildman–Crippen LogP) is 2.50. The molecule has 1 heterocycles. The van der Waals surface area contributed by atoms with Crippen LogP contribution in [0.1, 0.15) is 35.1 Å². The summed E-state index contributed by atoms with van der Waals surface area (Å²) in [4.78, 5) is 0. The first kappa shape index (κ1) is 13.6. The van der Waals surface area contributed by atoms with Gasteiger partial charge in [-0.05, 0) is 69.8 Å². The zero-order chi connectivity index (χ0) is 13.0. The summed E-state index contributed by atoms with van der Waals surface area (Å²) in [6, 6.07) is 5.28. The number of hydrogen-bond donors (Lipinski definition) is 2. The molecule has 0 saturated carbocycles. The molecule has 0 aromatic heterocycles. The number of benzene rings is 1. The second-order valence-corrected chi connectivity index (χ2v) is 5.62. The molecule has 18 heavy (non-hydrogen) atoms. The lowest BCUT2D eigenvalue weighted by atomic mass is 9.97. The number of hydrogen-bond acceptors (Lipinski definition) is 2. The van der Waals surface area contributed by atoms with E-state index in [2.05, 4.69) is 43.5 Å². The maximum Gasteiger partial charge on any atom is 0.0192 e. The minimum atomic E-state index is 0.699. The fourth-order valence-corrected chi connectivity index (χ4v) is 3.02. The molecule has 1 fully saturated rings. The Morgan fingerprint density at radius 2 is 1.94 bits per heavy atom. The summed E-state index contributed by atoms with van der Waals surface area (Å²) >= 11 is 0. The summed E-state index contributed by atoms with van der Waals surface area (Å²) in [5, 5.41) is 7.11. The molecular formula is C16H26N2. The van der Waals surface area contributed by atoms with Gasteiger partial charge in [0.15, 0.2) is 0 Å². The molecule has 1 aromatic rings. The average Bonchev–Trinajstić information content (AvgIpc) is 2.79. The number of aryl methyl sites for hydroxylation is 3. The Morgan fingerprint density at radius 1 is 1.22 bits per heavy atom. The van der Waals surface area contributed by atoms with E-state index in [0.29, 0.717) is 6.04 Å². The van der Waals surface area contributed by atoms with Crippen molar-refractivity contribution in [3.8, 4) is 0 Å². The van der Waals surface area contributed by atoms with Crippen molar-refractivity contribution in [3.05, 3.63) is 34.4 Å². The van der Waals surface area contributed by atoms with Gasteiger partial charge < -0.3 is 10.6 Å². The van der Waals surface area contributed by atoms with Gasteiger partial charge in [-0.1, -0.05) is 17.7 Å². The summed E-state index contributed by atoms with van der Waals surface area (Å²) in [6.07, 6.45) is 3.81. The fraction of sp³-hybridized carbons (Fsp3) is 0.625. The summed E-state index contributed by atoms with van der Waals surface area (Å²) < 4.78 is 0. The van der Waals surface area contributed by atoms with Gasteiger partial charge in [-0.3, -0.25) is 0 Å². The van der Waals surface area contributed by atoms with Crippen LogP contribution in [0.2, 0.25) is 0 Å². The summed E-state index contributed by atoms with van der Waals surface area (Å²) in [5.74, 6) is 0. The Morgan fingerprint density at radius 3 is 2.56 bits per heavy atom. The van der Waals surface area contributed by atoms with Crippen LogP contribution in [-0.4, -0.2) is 25.7 Å². The first-order valence-electron chi connectivity index (χ1n) is 7.17. The molecule has 2 rings (SSSR count). The van der Waals surface area contributed by atoms with Crippen molar-refractivity contribution in [1.29, 1.82) is 0 Å². The molecule has 1 saturated heterocycles. The van der Waals surface area contributed by atoms with E-state index in [0.717, 1.165) is 19.5 Å². The van der Waals surface area contributed by atoms with E-state index >= 15 is 0 Å². The van der Waals surface area contributed by atoms with E-state index in [9.17, 15) is 0 Å². The third-order valence-corrected chi connectivity index (χ3v) is 3.95. The molecule has 1 unspecified atom stereocenters. The molecule has 1 atom stereocenters. The number of nitrogens with one attached hydrogen (secondary N) is 2. The van der Waals surface area contributed by atoms with Crippen LogP contribution < -0.4 is 10.6 Å². The van der Waals surface area contributed by atoms with E-state index in [1.807, 2.05) is 0 Å². The van der Waals surface area contributed by atoms with Gasteiger partial charge in [-0.15, -0.1) is 0 Å². The van der Waals surface area contributed by atoms with Gasteiger partial charge in [-0.2, -0.15) is 0 Å². The molecular weight excluding hydrogens is 220 g/mol. The van der Waals surface area contributed by atoms with Crippen LogP contribution in [-0.2, 0) is 6.42 Å². The molecule has 2 N–H and O–H groups in total. The quantitative estimate of drug-likeness (QED) is 0.780. The van der Waals surface area contributed by atoms with Crippen molar-refractivity contribution in [1.82, 2.24) is 10.6 Å². The molecule has 2 heteroatoms. The molecule has 0 aliphatic carbocycles. The van der Waals surface area contributed by atoms with E-state index in [4.69, 9.17) is 0 Å². The summed E-state index contributed by atoms with van der Waals surface area (Å²) in [5.41, 5.74) is 5.77. The average molecular weight is 246 g/mol. The van der Waals surface area contributed by atoms with Crippen molar-refractivity contribution in [2.45, 2.75) is 46.1 Å². The maximum absolute atomic E-state index is 3.58. The first-order chi connectivity index (χ1) is 8.66. The molecule has 1 aliphatic heterocycles. The minimum Gasteiger partial charge on any atom is -0.315 e.